The van der Waals surface area contributed by atoms with E-state index in [4.69, 9.17) is 16.3 Å². The summed E-state index contributed by atoms with van der Waals surface area (Å²) in [4.78, 5) is 13.8. The predicted molar refractivity (Wildman–Crippen MR) is 64.1 cm³/mol. The van der Waals surface area contributed by atoms with Crippen molar-refractivity contribution in [2.45, 2.75) is 6.04 Å². The Kier molecular flexibility index (Phi) is 4.16. The average molecular weight is 274 g/mol. The largest absolute Gasteiger partial charge is 0.394 e. The van der Waals surface area contributed by atoms with E-state index in [1.807, 2.05) is 0 Å². The molecule has 1 heterocycles. The van der Waals surface area contributed by atoms with E-state index in [0.29, 0.717) is 19.8 Å². The Balaban J connectivity index is 2.24. The molecule has 4 nitrogen and oxygen atoms in total. The van der Waals surface area contributed by atoms with Gasteiger partial charge in [0.2, 0.25) is 0 Å². The van der Waals surface area contributed by atoms with Crippen molar-refractivity contribution in [2.24, 2.45) is 0 Å². The Morgan fingerprint density at radius 2 is 2.39 bits per heavy atom. The second kappa shape index (κ2) is 5.65. The highest BCUT2D eigenvalue weighted by Crippen LogP contribution is 2.21. The molecule has 0 aliphatic carbocycles. The number of hydrogen-bond donors (Lipinski definition) is 1. The normalized spacial score (nSPS) is 19.9. The molecule has 1 N–H and O–H groups in total. The van der Waals surface area contributed by atoms with Gasteiger partial charge in [-0.15, -0.1) is 0 Å². The van der Waals surface area contributed by atoms with E-state index in [2.05, 4.69) is 0 Å². The molecule has 0 unspecified atom stereocenters. The minimum absolute atomic E-state index is 0.0724. The highest BCUT2D eigenvalue weighted by Gasteiger charge is 2.28. The number of benzene rings is 1. The van der Waals surface area contributed by atoms with Gasteiger partial charge in [0.25, 0.3) is 5.91 Å². The van der Waals surface area contributed by atoms with E-state index in [-0.39, 0.29) is 29.1 Å². The van der Waals surface area contributed by atoms with Crippen LogP contribution in [0.4, 0.5) is 4.39 Å². The van der Waals surface area contributed by atoms with Gasteiger partial charge in [-0.25, -0.2) is 4.39 Å². The highest BCUT2D eigenvalue weighted by atomic mass is 35.5. The monoisotopic (exact) mass is 273 g/mol. The molecule has 1 aliphatic rings. The van der Waals surface area contributed by atoms with Crippen molar-refractivity contribution in [3.8, 4) is 0 Å². The molecule has 1 amide bonds. The maximum Gasteiger partial charge on any atom is 0.255 e. The number of carbonyl (C=O) groups excluding carboxylic acids is 1. The number of aliphatic hydroxyl groups excluding tert-OH is 1. The molecular weight excluding hydrogens is 261 g/mol. The molecule has 1 aliphatic heterocycles. The Labute approximate surface area is 109 Å². The molecule has 2 rings (SSSR count). The lowest BCUT2D eigenvalue weighted by Crippen LogP contribution is -2.50. The van der Waals surface area contributed by atoms with Crippen LogP contribution >= 0.6 is 11.6 Å². The van der Waals surface area contributed by atoms with Gasteiger partial charge in [0, 0.05) is 6.54 Å². The molecule has 1 atom stereocenters. The Morgan fingerprint density at radius 1 is 1.61 bits per heavy atom. The molecule has 0 aromatic heterocycles. The lowest BCUT2D eigenvalue weighted by atomic mass is 10.1. The van der Waals surface area contributed by atoms with Gasteiger partial charge in [0.15, 0.2) is 0 Å². The van der Waals surface area contributed by atoms with Crippen LogP contribution in [-0.4, -0.2) is 48.3 Å². The minimum Gasteiger partial charge on any atom is -0.394 e. The van der Waals surface area contributed by atoms with Crippen LogP contribution in [0.1, 0.15) is 10.4 Å². The second-order valence-electron chi connectivity index (χ2n) is 4.03. The van der Waals surface area contributed by atoms with Crippen LogP contribution in [0.2, 0.25) is 5.02 Å². The summed E-state index contributed by atoms with van der Waals surface area (Å²) in [6.45, 7) is 0.921. The lowest BCUT2D eigenvalue weighted by molar-refractivity contribution is -0.0183. The van der Waals surface area contributed by atoms with E-state index in [1.54, 1.807) is 0 Å². The van der Waals surface area contributed by atoms with Crippen LogP contribution < -0.4 is 0 Å². The number of nitrogens with zero attached hydrogens (tertiary/aromatic N) is 1. The fraction of sp³-hybridized carbons (Fsp3) is 0.417. The lowest BCUT2D eigenvalue weighted by Gasteiger charge is -2.34. The predicted octanol–water partition coefficient (Wildman–Crippen LogP) is 1.31. The van der Waals surface area contributed by atoms with Crippen LogP contribution in [0.3, 0.4) is 0 Å². The van der Waals surface area contributed by atoms with Crippen molar-refractivity contribution < 1.29 is 19.0 Å². The molecule has 18 heavy (non-hydrogen) atoms. The summed E-state index contributed by atoms with van der Waals surface area (Å²) in [5, 5.41) is 9.28. The number of rotatable bonds is 2. The highest BCUT2D eigenvalue weighted by molar-refractivity contribution is 6.33. The third-order valence-corrected chi connectivity index (χ3v) is 3.17. The average Bonchev–Trinajstić information content (AvgIpc) is 2.38. The summed E-state index contributed by atoms with van der Waals surface area (Å²) < 4.78 is 18.1. The molecular formula is C12H13ClFNO3. The molecule has 98 valence electrons. The topological polar surface area (TPSA) is 49.8 Å². The summed E-state index contributed by atoms with van der Waals surface area (Å²) >= 11 is 5.85. The molecule has 1 aromatic carbocycles. The van der Waals surface area contributed by atoms with Gasteiger partial charge in [0.05, 0.1) is 36.4 Å². The zero-order valence-corrected chi connectivity index (χ0v) is 10.4. The SMILES string of the molecule is O=C(c1ccc(F)cc1Cl)N1CCOC[C@@H]1CO. The van der Waals surface area contributed by atoms with Gasteiger partial charge < -0.3 is 14.7 Å². The van der Waals surface area contributed by atoms with Crippen molar-refractivity contribution >= 4 is 17.5 Å². The van der Waals surface area contributed by atoms with E-state index in [0.717, 1.165) is 6.07 Å². The molecule has 0 saturated carbocycles. The molecule has 0 spiro atoms. The Hall–Kier alpha value is -1.17. The summed E-state index contributed by atoms with van der Waals surface area (Å²) in [6.07, 6.45) is 0. The number of halogens is 2. The zero-order valence-electron chi connectivity index (χ0n) is 9.60. The van der Waals surface area contributed by atoms with E-state index in [9.17, 15) is 14.3 Å². The standard InChI is InChI=1S/C12H13ClFNO3/c13-11-5-8(14)1-2-10(11)12(17)15-3-4-18-7-9(15)6-16/h1-2,5,9,16H,3-4,6-7H2/t9-/m0/s1. The van der Waals surface area contributed by atoms with Gasteiger partial charge in [0.1, 0.15) is 5.82 Å². The fourth-order valence-corrected chi connectivity index (χ4v) is 2.14. The number of ether oxygens (including phenoxy) is 1. The van der Waals surface area contributed by atoms with Gasteiger partial charge in [-0.2, -0.15) is 0 Å². The summed E-state index contributed by atoms with van der Waals surface area (Å²) in [5.41, 5.74) is 0.235. The molecule has 0 radical (unpaired) electrons. The van der Waals surface area contributed by atoms with Crippen LogP contribution in [0.25, 0.3) is 0 Å². The van der Waals surface area contributed by atoms with Crippen molar-refractivity contribution in [1.82, 2.24) is 4.90 Å². The first-order chi connectivity index (χ1) is 8.63. The first-order valence-electron chi connectivity index (χ1n) is 5.58. The second-order valence-corrected chi connectivity index (χ2v) is 4.44. The smallest absolute Gasteiger partial charge is 0.255 e. The van der Waals surface area contributed by atoms with Crippen LogP contribution in [-0.2, 0) is 4.74 Å². The first-order valence-corrected chi connectivity index (χ1v) is 5.96. The fourth-order valence-electron chi connectivity index (χ4n) is 1.89. The first kappa shape index (κ1) is 13.3. The van der Waals surface area contributed by atoms with Crippen LogP contribution in [0.15, 0.2) is 18.2 Å². The molecule has 1 aromatic rings. The van der Waals surface area contributed by atoms with Gasteiger partial charge >= 0.3 is 0 Å². The van der Waals surface area contributed by atoms with Crippen molar-refractivity contribution in [3.05, 3.63) is 34.6 Å². The van der Waals surface area contributed by atoms with Crippen LogP contribution in [0.5, 0.6) is 0 Å². The molecule has 6 heteroatoms. The minimum atomic E-state index is -0.489. The maximum atomic E-state index is 12.9. The number of carbonyl (C=O) groups is 1. The van der Waals surface area contributed by atoms with Gasteiger partial charge in [-0.1, -0.05) is 11.6 Å². The quantitative estimate of drug-likeness (QED) is 0.884. The van der Waals surface area contributed by atoms with Crippen molar-refractivity contribution in [3.63, 3.8) is 0 Å². The Morgan fingerprint density at radius 3 is 3.06 bits per heavy atom. The number of aliphatic hydroxyl groups is 1. The van der Waals surface area contributed by atoms with E-state index in [1.165, 1.54) is 17.0 Å². The van der Waals surface area contributed by atoms with Crippen molar-refractivity contribution in [2.75, 3.05) is 26.4 Å². The van der Waals surface area contributed by atoms with E-state index < -0.39 is 5.82 Å². The summed E-state index contributed by atoms with van der Waals surface area (Å²) in [7, 11) is 0. The van der Waals surface area contributed by atoms with Crippen LogP contribution in [0, 0.1) is 5.82 Å². The molecule has 0 bridgehead atoms. The summed E-state index contributed by atoms with van der Waals surface area (Å²) in [6, 6.07) is 3.26. The maximum absolute atomic E-state index is 12.9. The van der Waals surface area contributed by atoms with E-state index >= 15 is 0 Å². The zero-order chi connectivity index (χ0) is 13.1. The van der Waals surface area contributed by atoms with Gasteiger partial charge in [-0.05, 0) is 18.2 Å². The van der Waals surface area contributed by atoms with Crippen molar-refractivity contribution in [1.29, 1.82) is 0 Å². The third-order valence-electron chi connectivity index (χ3n) is 2.86. The number of morpholine rings is 1. The number of amides is 1. The van der Waals surface area contributed by atoms with Gasteiger partial charge in [-0.3, -0.25) is 4.79 Å². The molecule has 1 fully saturated rings. The molecule has 1 saturated heterocycles. The number of hydrogen-bond acceptors (Lipinski definition) is 3. The Bertz CT molecular complexity index is 455. The summed E-state index contributed by atoms with van der Waals surface area (Å²) in [5.74, 6) is -0.806. The third kappa shape index (κ3) is 2.63.